The van der Waals surface area contributed by atoms with E-state index >= 15 is 0 Å². The number of para-hydroxylation sites is 1. The average molecular weight is 400 g/mol. The van der Waals surface area contributed by atoms with Gasteiger partial charge in [0.25, 0.3) is 0 Å². The Morgan fingerprint density at radius 1 is 0.533 bits per heavy atom. The average Bonchev–Trinajstić information content (AvgIpc) is 3.34. The van der Waals surface area contributed by atoms with Crippen molar-refractivity contribution >= 4 is 64.1 Å². The molecule has 1 nitrogen and oxygen atoms in total. The number of aromatic nitrogens is 1. The van der Waals surface area contributed by atoms with Crippen LogP contribution in [-0.4, -0.2) is 4.98 Å². The Labute approximate surface area is 177 Å². The maximum absolute atomic E-state index is 3.72. The largest absolute Gasteiger partial charge is 0.354 e. The number of H-pyrrole nitrogens is 1. The van der Waals surface area contributed by atoms with Crippen molar-refractivity contribution in [1.82, 2.24) is 4.98 Å². The third-order valence-electron chi connectivity index (χ3n) is 6.19. The zero-order valence-electron chi connectivity index (χ0n) is 16.1. The standard InChI is InChI=1S/C28H17NS/c1-2-7-18-16-25-23(14-17(18)6-1)22-10-5-9-20(28(22)29-25)19-12-13-27-24(15-19)21-8-3-4-11-26(21)30-27/h1-16,29H. The van der Waals surface area contributed by atoms with Crippen molar-refractivity contribution in [2.75, 3.05) is 0 Å². The Morgan fingerprint density at radius 3 is 2.23 bits per heavy atom. The zero-order chi connectivity index (χ0) is 19.7. The topological polar surface area (TPSA) is 15.8 Å². The second-order valence-corrected chi connectivity index (χ2v) is 8.99. The Balaban J connectivity index is 1.53. The number of hydrogen-bond acceptors (Lipinski definition) is 1. The van der Waals surface area contributed by atoms with Gasteiger partial charge in [-0.3, -0.25) is 0 Å². The minimum Gasteiger partial charge on any atom is -0.354 e. The van der Waals surface area contributed by atoms with Crippen LogP contribution in [-0.2, 0) is 0 Å². The van der Waals surface area contributed by atoms with Crippen LogP contribution < -0.4 is 0 Å². The molecule has 2 aromatic heterocycles. The van der Waals surface area contributed by atoms with Gasteiger partial charge in [0.05, 0.1) is 5.52 Å². The van der Waals surface area contributed by atoms with E-state index < -0.39 is 0 Å². The molecule has 0 fully saturated rings. The number of thiophene rings is 1. The summed E-state index contributed by atoms with van der Waals surface area (Å²) >= 11 is 1.87. The van der Waals surface area contributed by atoms with Crippen LogP contribution >= 0.6 is 11.3 Å². The Hall–Kier alpha value is -3.62. The molecule has 0 aliphatic heterocycles. The fourth-order valence-electron chi connectivity index (χ4n) is 4.75. The molecule has 0 amide bonds. The van der Waals surface area contributed by atoms with Crippen LogP contribution in [0, 0.1) is 0 Å². The molecule has 7 aromatic rings. The zero-order valence-corrected chi connectivity index (χ0v) is 17.0. The molecule has 0 saturated heterocycles. The van der Waals surface area contributed by atoms with Crippen LogP contribution in [0.4, 0.5) is 0 Å². The fraction of sp³-hybridized carbons (Fsp3) is 0. The normalized spacial score (nSPS) is 12.0. The molecular formula is C28H17NS. The van der Waals surface area contributed by atoms with Crippen molar-refractivity contribution in [3.63, 3.8) is 0 Å². The van der Waals surface area contributed by atoms with Gasteiger partial charge >= 0.3 is 0 Å². The van der Waals surface area contributed by atoms with Crippen molar-refractivity contribution in [3.05, 3.63) is 97.1 Å². The van der Waals surface area contributed by atoms with Gasteiger partial charge in [0.2, 0.25) is 0 Å². The first-order valence-corrected chi connectivity index (χ1v) is 11.0. The summed E-state index contributed by atoms with van der Waals surface area (Å²) in [6, 6.07) is 35.3. The van der Waals surface area contributed by atoms with Gasteiger partial charge in [-0.25, -0.2) is 0 Å². The third-order valence-corrected chi connectivity index (χ3v) is 7.34. The van der Waals surface area contributed by atoms with Gasteiger partial charge in [-0.15, -0.1) is 11.3 Å². The Kier molecular flexibility index (Phi) is 3.21. The molecule has 2 heterocycles. The molecule has 0 spiro atoms. The van der Waals surface area contributed by atoms with Crippen LogP contribution in [0.3, 0.4) is 0 Å². The van der Waals surface area contributed by atoms with Crippen LogP contribution in [0.25, 0.3) is 63.9 Å². The predicted molar refractivity (Wildman–Crippen MR) is 132 cm³/mol. The van der Waals surface area contributed by atoms with Gasteiger partial charge in [-0.2, -0.15) is 0 Å². The quantitative estimate of drug-likeness (QED) is 0.285. The van der Waals surface area contributed by atoms with Crippen LogP contribution in [0.15, 0.2) is 97.1 Å². The molecule has 0 radical (unpaired) electrons. The van der Waals surface area contributed by atoms with Crippen molar-refractivity contribution in [3.8, 4) is 11.1 Å². The summed E-state index contributed by atoms with van der Waals surface area (Å²) in [5.41, 5.74) is 4.91. The molecule has 0 bridgehead atoms. The van der Waals surface area contributed by atoms with E-state index in [4.69, 9.17) is 0 Å². The van der Waals surface area contributed by atoms with E-state index in [1.165, 1.54) is 63.9 Å². The van der Waals surface area contributed by atoms with E-state index in [1.807, 2.05) is 11.3 Å². The van der Waals surface area contributed by atoms with E-state index in [9.17, 15) is 0 Å². The number of fused-ring (bicyclic) bond motifs is 7. The van der Waals surface area contributed by atoms with E-state index in [1.54, 1.807) is 0 Å². The lowest BCUT2D eigenvalue weighted by molar-refractivity contribution is 1.55. The number of aromatic amines is 1. The summed E-state index contributed by atoms with van der Waals surface area (Å²) in [6.45, 7) is 0. The summed E-state index contributed by atoms with van der Waals surface area (Å²) in [5, 5.41) is 7.80. The highest BCUT2D eigenvalue weighted by Crippen LogP contribution is 2.39. The second-order valence-electron chi connectivity index (χ2n) is 7.91. The highest BCUT2D eigenvalue weighted by atomic mass is 32.1. The van der Waals surface area contributed by atoms with E-state index in [2.05, 4.69) is 102 Å². The monoisotopic (exact) mass is 399 g/mol. The van der Waals surface area contributed by atoms with Crippen molar-refractivity contribution in [1.29, 1.82) is 0 Å². The second kappa shape index (κ2) is 5.94. The molecule has 0 aliphatic rings. The highest BCUT2D eigenvalue weighted by Gasteiger charge is 2.12. The Morgan fingerprint density at radius 2 is 1.30 bits per heavy atom. The van der Waals surface area contributed by atoms with Gasteiger partial charge in [0, 0.05) is 42.0 Å². The third kappa shape index (κ3) is 2.23. The van der Waals surface area contributed by atoms with E-state index in [0.29, 0.717) is 0 Å². The van der Waals surface area contributed by atoms with Gasteiger partial charge in [0.1, 0.15) is 0 Å². The number of hydrogen-bond donors (Lipinski definition) is 1. The van der Waals surface area contributed by atoms with Crippen molar-refractivity contribution in [2.24, 2.45) is 0 Å². The number of nitrogens with one attached hydrogen (secondary N) is 1. The molecule has 0 aliphatic carbocycles. The maximum atomic E-state index is 3.72. The van der Waals surface area contributed by atoms with Crippen molar-refractivity contribution < 1.29 is 0 Å². The molecule has 0 saturated carbocycles. The van der Waals surface area contributed by atoms with Crippen LogP contribution in [0.5, 0.6) is 0 Å². The molecule has 7 rings (SSSR count). The summed E-state index contributed by atoms with van der Waals surface area (Å²) in [4.78, 5) is 3.72. The highest BCUT2D eigenvalue weighted by molar-refractivity contribution is 7.25. The lowest BCUT2D eigenvalue weighted by Crippen LogP contribution is -1.80. The maximum Gasteiger partial charge on any atom is 0.0544 e. The smallest absolute Gasteiger partial charge is 0.0544 e. The molecule has 0 unspecified atom stereocenters. The van der Waals surface area contributed by atoms with Gasteiger partial charge < -0.3 is 4.98 Å². The van der Waals surface area contributed by atoms with E-state index in [-0.39, 0.29) is 0 Å². The molecule has 0 atom stereocenters. The summed E-state index contributed by atoms with van der Waals surface area (Å²) in [6.07, 6.45) is 0. The summed E-state index contributed by atoms with van der Waals surface area (Å²) < 4.78 is 2.69. The predicted octanol–water partition coefficient (Wildman–Crippen LogP) is 8.51. The molecule has 1 N–H and O–H groups in total. The van der Waals surface area contributed by atoms with E-state index in [0.717, 1.165) is 0 Å². The van der Waals surface area contributed by atoms with Crippen molar-refractivity contribution in [2.45, 2.75) is 0 Å². The van der Waals surface area contributed by atoms with Gasteiger partial charge in [-0.05, 0) is 46.7 Å². The first-order valence-electron chi connectivity index (χ1n) is 10.2. The minimum absolute atomic E-state index is 1.19. The van der Waals surface area contributed by atoms with Crippen LogP contribution in [0.2, 0.25) is 0 Å². The lowest BCUT2D eigenvalue weighted by Gasteiger charge is -2.05. The SMILES string of the molecule is c1ccc2cc3c(cc2c1)[nH]c1c(-c2ccc4sc5ccccc5c4c2)cccc13. The first-order chi connectivity index (χ1) is 14.8. The molecule has 30 heavy (non-hydrogen) atoms. The Bertz CT molecular complexity index is 1750. The molecule has 2 heteroatoms. The number of benzene rings is 5. The number of rotatable bonds is 1. The molecule has 5 aromatic carbocycles. The molecule has 140 valence electrons. The van der Waals surface area contributed by atoms with Gasteiger partial charge in [-0.1, -0.05) is 66.7 Å². The summed E-state index contributed by atoms with van der Waals surface area (Å²) in [7, 11) is 0. The lowest BCUT2D eigenvalue weighted by atomic mass is 9.99. The molecular weight excluding hydrogens is 382 g/mol. The van der Waals surface area contributed by atoms with Gasteiger partial charge in [0.15, 0.2) is 0 Å². The fourth-order valence-corrected chi connectivity index (χ4v) is 5.83. The van der Waals surface area contributed by atoms with Crippen LogP contribution in [0.1, 0.15) is 0 Å². The minimum atomic E-state index is 1.19. The first kappa shape index (κ1) is 16.2. The summed E-state index contributed by atoms with van der Waals surface area (Å²) in [5.74, 6) is 0.